The Bertz CT molecular complexity index is 108. The summed E-state index contributed by atoms with van der Waals surface area (Å²) >= 11 is 0. The van der Waals surface area contributed by atoms with Gasteiger partial charge in [-0.3, -0.25) is 0 Å². The van der Waals surface area contributed by atoms with Crippen molar-refractivity contribution < 1.29 is 0 Å². The van der Waals surface area contributed by atoms with Crippen LogP contribution < -0.4 is 0 Å². The van der Waals surface area contributed by atoms with Crippen molar-refractivity contribution in [1.29, 1.82) is 0 Å². The molecule has 0 amide bonds. The van der Waals surface area contributed by atoms with Gasteiger partial charge < -0.3 is 0 Å². The number of allylic oxidation sites excluding steroid dienone is 2. The first-order valence-corrected chi connectivity index (χ1v) is 5.74. The van der Waals surface area contributed by atoms with Crippen molar-refractivity contribution in [2.24, 2.45) is 0 Å². The van der Waals surface area contributed by atoms with Gasteiger partial charge in [0.15, 0.2) is 0 Å². The van der Waals surface area contributed by atoms with E-state index in [1.807, 2.05) is 0 Å². The van der Waals surface area contributed by atoms with Gasteiger partial charge in [0.2, 0.25) is 0 Å². The fraction of sp³-hybridized carbons (Fsp3) is 0.750. The smallest absolute Gasteiger partial charge is 0.0120 e. The second-order valence-electron chi connectivity index (χ2n) is 3.02. The molecule has 0 aliphatic rings. The van der Waals surface area contributed by atoms with Crippen LogP contribution in [0.1, 0.15) is 20.8 Å². The van der Waals surface area contributed by atoms with Crippen molar-refractivity contribution in [3.8, 4) is 0 Å². The van der Waals surface area contributed by atoms with Gasteiger partial charge in [-0.25, -0.2) is 0 Å². The van der Waals surface area contributed by atoms with Crippen LogP contribution >= 0.6 is 7.92 Å². The van der Waals surface area contributed by atoms with Crippen LogP contribution in [0.4, 0.5) is 0 Å². The Morgan fingerprint density at radius 1 is 1.11 bits per heavy atom. The van der Waals surface area contributed by atoms with E-state index >= 15 is 0 Å². The summed E-state index contributed by atoms with van der Waals surface area (Å²) in [6, 6.07) is 0. The molecular weight excluding hydrogens is 127 g/mol. The molecule has 0 saturated heterocycles. The topological polar surface area (TPSA) is 0 Å². The van der Waals surface area contributed by atoms with Gasteiger partial charge in [-0.05, 0) is 40.3 Å². The zero-order chi connectivity index (χ0) is 7.44. The van der Waals surface area contributed by atoms with Crippen LogP contribution in [-0.2, 0) is 0 Å². The third-order valence-electron chi connectivity index (χ3n) is 1.41. The Balaban J connectivity index is 3.77. The highest BCUT2D eigenvalue weighted by molar-refractivity contribution is 7.56. The summed E-state index contributed by atoms with van der Waals surface area (Å²) < 4.78 is 0. The molecule has 0 fully saturated rings. The quantitative estimate of drug-likeness (QED) is 0.412. The zero-order valence-electron chi connectivity index (χ0n) is 7.15. The number of hydrogen-bond acceptors (Lipinski definition) is 0. The summed E-state index contributed by atoms with van der Waals surface area (Å²) in [5.74, 6) is 0. The van der Waals surface area contributed by atoms with Crippen LogP contribution in [0.2, 0.25) is 0 Å². The lowest BCUT2D eigenvalue weighted by Crippen LogP contribution is -1.85. The first-order valence-electron chi connectivity index (χ1n) is 3.31. The number of hydrogen-bond donors (Lipinski definition) is 0. The van der Waals surface area contributed by atoms with Gasteiger partial charge in [-0.2, -0.15) is 0 Å². The highest BCUT2D eigenvalue weighted by atomic mass is 31.1. The Labute approximate surface area is 60.1 Å². The predicted octanol–water partition coefficient (Wildman–Crippen LogP) is 3.08. The standard InChI is InChI=1S/C8H17P/c1-7(2)8(3)6-9(4)5/h6H2,1-5H3. The molecule has 0 aliphatic heterocycles. The molecule has 1 heteroatoms. The van der Waals surface area contributed by atoms with Crippen LogP contribution in [0.3, 0.4) is 0 Å². The largest absolute Gasteiger partial charge is 0.109 e. The Morgan fingerprint density at radius 2 is 1.56 bits per heavy atom. The summed E-state index contributed by atoms with van der Waals surface area (Å²) in [5, 5.41) is 0. The van der Waals surface area contributed by atoms with Crippen LogP contribution in [0.25, 0.3) is 0 Å². The highest BCUT2D eigenvalue weighted by Crippen LogP contribution is 2.28. The second-order valence-corrected chi connectivity index (χ2v) is 5.49. The Morgan fingerprint density at radius 3 is 1.67 bits per heavy atom. The molecule has 0 unspecified atom stereocenters. The minimum absolute atomic E-state index is 0.270. The van der Waals surface area contributed by atoms with E-state index in [1.165, 1.54) is 11.7 Å². The van der Waals surface area contributed by atoms with Crippen LogP contribution in [-0.4, -0.2) is 19.5 Å². The van der Waals surface area contributed by atoms with E-state index in [9.17, 15) is 0 Å². The van der Waals surface area contributed by atoms with Crippen molar-refractivity contribution in [2.45, 2.75) is 20.8 Å². The summed E-state index contributed by atoms with van der Waals surface area (Å²) in [6.07, 6.45) is 1.32. The Kier molecular flexibility index (Phi) is 4.14. The van der Waals surface area contributed by atoms with Gasteiger partial charge >= 0.3 is 0 Å². The number of rotatable bonds is 2. The molecule has 9 heavy (non-hydrogen) atoms. The summed E-state index contributed by atoms with van der Waals surface area (Å²) in [7, 11) is 0.270. The van der Waals surface area contributed by atoms with Crippen LogP contribution in [0.15, 0.2) is 11.1 Å². The highest BCUT2D eigenvalue weighted by Gasteiger charge is 1.94. The molecule has 0 rings (SSSR count). The second kappa shape index (κ2) is 4.06. The van der Waals surface area contributed by atoms with E-state index in [0.717, 1.165) is 0 Å². The fourth-order valence-electron chi connectivity index (χ4n) is 0.632. The van der Waals surface area contributed by atoms with Crippen molar-refractivity contribution in [2.75, 3.05) is 19.5 Å². The van der Waals surface area contributed by atoms with Gasteiger partial charge in [0, 0.05) is 0 Å². The van der Waals surface area contributed by atoms with Crippen LogP contribution in [0.5, 0.6) is 0 Å². The van der Waals surface area contributed by atoms with E-state index in [-0.39, 0.29) is 7.92 Å². The molecular formula is C8H17P. The van der Waals surface area contributed by atoms with Gasteiger partial charge in [-0.1, -0.05) is 11.1 Å². The molecule has 0 radical (unpaired) electrons. The normalized spacial score (nSPS) is 10.0. The Hall–Kier alpha value is 0.170. The third-order valence-corrected chi connectivity index (χ3v) is 2.51. The molecule has 0 bridgehead atoms. The lowest BCUT2D eigenvalue weighted by molar-refractivity contribution is 1.24. The maximum absolute atomic E-state index is 2.32. The van der Waals surface area contributed by atoms with Crippen molar-refractivity contribution >= 4 is 7.92 Å². The molecule has 0 aromatic heterocycles. The lowest BCUT2D eigenvalue weighted by atomic mass is 10.2. The average Bonchev–Trinajstić information content (AvgIpc) is 1.63. The molecule has 0 atom stereocenters. The maximum atomic E-state index is 2.32. The fourth-order valence-corrected chi connectivity index (χ4v) is 1.90. The minimum Gasteiger partial charge on any atom is -0.109 e. The zero-order valence-corrected chi connectivity index (χ0v) is 8.05. The first kappa shape index (κ1) is 9.17. The molecule has 0 spiro atoms. The van der Waals surface area contributed by atoms with E-state index < -0.39 is 0 Å². The molecule has 0 aromatic rings. The summed E-state index contributed by atoms with van der Waals surface area (Å²) in [6.45, 7) is 11.3. The van der Waals surface area contributed by atoms with Gasteiger partial charge in [0.25, 0.3) is 0 Å². The maximum Gasteiger partial charge on any atom is -0.0120 e. The summed E-state index contributed by atoms with van der Waals surface area (Å²) in [4.78, 5) is 0. The lowest BCUT2D eigenvalue weighted by Gasteiger charge is -2.06. The van der Waals surface area contributed by atoms with Gasteiger partial charge in [-0.15, -0.1) is 7.92 Å². The van der Waals surface area contributed by atoms with Crippen molar-refractivity contribution in [3.63, 3.8) is 0 Å². The van der Waals surface area contributed by atoms with E-state index in [0.29, 0.717) is 0 Å². The predicted molar refractivity (Wildman–Crippen MR) is 47.7 cm³/mol. The monoisotopic (exact) mass is 144 g/mol. The molecule has 0 nitrogen and oxygen atoms in total. The van der Waals surface area contributed by atoms with E-state index in [1.54, 1.807) is 5.57 Å². The van der Waals surface area contributed by atoms with Crippen molar-refractivity contribution in [3.05, 3.63) is 11.1 Å². The SMILES string of the molecule is CC(C)=C(C)CP(C)C. The minimum atomic E-state index is 0.270. The molecule has 0 heterocycles. The van der Waals surface area contributed by atoms with Gasteiger partial charge in [0.05, 0.1) is 0 Å². The average molecular weight is 144 g/mol. The van der Waals surface area contributed by atoms with E-state index in [4.69, 9.17) is 0 Å². The molecule has 0 N–H and O–H groups in total. The molecule has 0 saturated carbocycles. The third kappa shape index (κ3) is 4.66. The molecule has 0 aromatic carbocycles. The molecule has 54 valence electrons. The van der Waals surface area contributed by atoms with E-state index in [2.05, 4.69) is 34.1 Å². The van der Waals surface area contributed by atoms with Crippen molar-refractivity contribution in [1.82, 2.24) is 0 Å². The van der Waals surface area contributed by atoms with Gasteiger partial charge in [0.1, 0.15) is 0 Å². The van der Waals surface area contributed by atoms with Crippen LogP contribution in [0, 0.1) is 0 Å². The first-order chi connectivity index (χ1) is 4.04. The molecule has 0 aliphatic carbocycles. The summed E-state index contributed by atoms with van der Waals surface area (Å²) in [5.41, 5.74) is 3.07.